The number of benzene rings is 2. The van der Waals surface area contributed by atoms with E-state index in [-0.39, 0.29) is 11.9 Å². The molecule has 2 aromatic carbocycles. The predicted molar refractivity (Wildman–Crippen MR) is 107 cm³/mol. The van der Waals surface area contributed by atoms with Crippen molar-refractivity contribution in [3.05, 3.63) is 77.2 Å². The minimum absolute atomic E-state index is 0.00815. The summed E-state index contributed by atoms with van der Waals surface area (Å²) in [7, 11) is 0. The Hall–Kier alpha value is -2.59. The molecule has 138 valence electrons. The maximum Gasteiger partial charge on any atom is 0.227 e. The molecule has 4 nitrogen and oxygen atoms in total. The number of likely N-dealkylation sites (tertiary alicyclic amines) is 1. The lowest BCUT2D eigenvalue weighted by atomic mass is 10.00. The van der Waals surface area contributed by atoms with Gasteiger partial charge in [0.15, 0.2) is 0 Å². The molecule has 4 rings (SSSR count). The maximum atomic E-state index is 13.0. The monoisotopic (exact) mass is 379 g/mol. The molecule has 0 radical (unpaired) electrons. The van der Waals surface area contributed by atoms with E-state index in [1.54, 1.807) is 0 Å². The fourth-order valence-corrected chi connectivity index (χ4v) is 3.89. The molecule has 3 aromatic rings. The molecule has 0 spiro atoms. The molecule has 5 heteroatoms. The first-order valence-corrected chi connectivity index (χ1v) is 9.73. The third-order valence-electron chi connectivity index (χ3n) is 5.12. The summed E-state index contributed by atoms with van der Waals surface area (Å²) >= 11 is 6.24. The number of carbonyl (C=O) groups is 1. The highest BCUT2D eigenvalue weighted by Gasteiger charge is 2.30. The van der Waals surface area contributed by atoms with E-state index in [2.05, 4.69) is 22.1 Å². The van der Waals surface area contributed by atoms with Crippen molar-refractivity contribution in [2.45, 2.75) is 31.7 Å². The molecule has 1 fully saturated rings. The average Bonchev–Trinajstić information content (AvgIpc) is 3.20. The third-order valence-corrected chi connectivity index (χ3v) is 5.49. The van der Waals surface area contributed by atoms with Gasteiger partial charge in [-0.25, -0.2) is 4.98 Å². The second-order valence-electron chi connectivity index (χ2n) is 6.92. The number of amides is 1. The van der Waals surface area contributed by atoms with Gasteiger partial charge in [-0.1, -0.05) is 60.1 Å². The first kappa shape index (κ1) is 17.8. The molecule has 1 aromatic heterocycles. The van der Waals surface area contributed by atoms with E-state index in [0.29, 0.717) is 11.4 Å². The maximum absolute atomic E-state index is 13.0. The summed E-state index contributed by atoms with van der Waals surface area (Å²) in [6.07, 6.45) is 5.23. The van der Waals surface area contributed by atoms with Crippen molar-refractivity contribution in [3.8, 4) is 11.3 Å². The Bertz CT molecular complexity index is 922. The molecule has 1 aliphatic heterocycles. The zero-order valence-corrected chi connectivity index (χ0v) is 15.8. The van der Waals surface area contributed by atoms with Gasteiger partial charge in [0.1, 0.15) is 5.82 Å². The number of piperidine rings is 1. The Labute approximate surface area is 164 Å². The van der Waals surface area contributed by atoms with Crippen LogP contribution in [0, 0.1) is 0 Å². The largest absolute Gasteiger partial charge is 0.340 e. The average molecular weight is 380 g/mol. The van der Waals surface area contributed by atoms with Gasteiger partial charge in [-0.15, -0.1) is 0 Å². The number of imidazole rings is 1. The fraction of sp³-hybridized carbons (Fsp3) is 0.273. The number of rotatable bonds is 4. The SMILES string of the molecule is O=C(Cc1ccccc1Cl)N1CCCC[C@H]1c1ncc(-c2ccccc2)[nH]1. The lowest BCUT2D eigenvalue weighted by Crippen LogP contribution is -2.39. The van der Waals surface area contributed by atoms with Crippen molar-refractivity contribution in [2.24, 2.45) is 0 Å². The van der Waals surface area contributed by atoms with Gasteiger partial charge in [0, 0.05) is 11.6 Å². The van der Waals surface area contributed by atoms with Crippen LogP contribution >= 0.6 is 11.6 Å². The van der Waals surface area contributed by atoms with Crippen molar-refractivity contribution in [1.82, 2.24) is 14.9 Å². The molecule has 0 unspecified atom stereocenters. The quantitative estimate of drug-likeness (QED) is 0.691. The standard InChI is InChI=1S/C22H22ClN3O/c23-18-11-5-4-10-17(18)14-21(27)26-13-7-6-12-20(26)22-24-15-19(25-22)16-8-2-1-3-9-16/h1-5,8-11,15,20H,6-7,12-14H2,(H,24,25)/t20-/m0/s1. The number of aromatic nitrogens is 2. The molecule has 0 aliphatic carbocycles. The van der Waals surface area contributed by atoms with Crippen LogP contribution in [-0.2, 0) is 11.2 Å². The lowest BCUT2D eigenvalue weighted by molar-refractivity contribution is -0.134. The van der Waals surface area contributed by atoms with Crippen LogP contribution in [0.15, 0.2) is 60.8 Å². The Morgan fingerprint density at radius 1 is 1.11 bits per heavy atom. The zero-order valence-electron chi connectivity index (χ0n) is 15.1. The highest BCUT2D eigenvalue weighted by Crippen LogP contribution is 2.31. The molecule has 1 aliphatic rings. The number of aromatic amines is 1. The zero-order chi connectivity index (χ0) is 18.6. The molecule has 0 bridgehead atoms. The summed E-state index contributed by atoms with van der Waals surface area (Å²) in [6.45, 7) is 0.759. The molecule has 1 N–H and O–H groups in total. The fourth-order valence-electron chi connectivity index (χ4n) is 3.69. The number of nitrogens with one attached hydrogen (secondary N) is 1. The molecular formula is C22H22ClN3O. The number of H-pyrrole nitrogens is 1. The van der Waals surface area contributed by atoms with Gasteiger partial charge in [-0.3, -0.25) is 4.79 Å². The summed E-state index contributed by atoms with van der Waals surface area (Å²) in [5, 5.41) is 0.642. The molecule has 1 amide bonds. The predicted octanol–water partition coefficient (Wildman–Crippen LogP) is 5.03. The van der Waals surface area contributed by atoms with Crippen molar-refractivity contribution in [2.75, 3.05) is 6.54 Å². The first-order valence-electron chi connectivity index (χ1n) is 9.35. The highest BCUT2D eigenvalue weighted by atomic mass is 35.5. The molecule has 27 heavy (non-hydrogen) atoms. The van der Waals surface area contributed by atoms with Crippen LogP contribution in [0.5, 0.6) is 0 Å². The van der Waals surface area contributed by atoms with E-state index in [1.165, 1.54) is 0 Å². The van der Waals surface area contributed by atoms with Gasteiger partial charge in [-0.2, -0.15) is 0 Å². The van der Waals surface area contributed by atoms with E-state index in [1.807, 2.05) is 53.6 Å². The van der Waals surface area contributed by atoms with Crippen LogP contribution in [0.1, 0.15) is 36.7 Å². The number of halogens is 1. The molecule has 0 saturated carbocycles. The summed E-state index contributed by atoms with van der Waals surface area (Å²) < 4.78 is 0. The van der Waals surface area contributed by atoms with Crippen molar-refractivity contribution in [1.29, 1.82) is 0 Å². The van der Waals surface area contributed by atoms with Gasteiger partial charge in [-0.05, 0) is 36.5 Å². The highest BCUT2D eigenvalue weighted by molar-refractivity contribution is 6.31. The molecule has 2 heterocycles. The summed E-state index contributed by atoms with van der Waals surface area (Å²) in [6, 6.07) is 17.7. The second-order valence-corrected chi connectivity index (χ2v) is 7.32. The van der Waals surface area contributed by atoms with E-state index in [4.69, 9.17) is 11.6 Å². The summed E-state index contributed by atoms with van der Waals surface area (Å²) in [5.41, 5.74) is 2.95. The van der Waals surface area contributed by atoms with Crippen LogP contribution < -0.4 is 0 Å². The number of hydrogen-bond acceptors (Lipinski definition) is 2. The Morgan fingerprint density at radius 3 is 2.70 bits per heavy atom. The van der Waals surface area contributed by atoms with Gasteiger partial charge < -0.3 is 9.88 Å². The summed E-state index contributed by atoms with van der Waals surface area (Å²) in [4.78, 5) is 23.0. The van der Waals surface area contributed by atoms with Gasteiger partial charge in [0.05, 0.1) is 24.4 Å². The normalized spacial score (nSPS) is 17.1. The van der Waals surface area contributed by atoms with E-state index < -0.39 is 0 Å². The van der Waals surface area contributed by atoms with Gasteiger partial charge in [0.2, 0.25) is 5.91 Å². The molecular weight excluding hydrogens is 358 g/mol. The first-order chi connectivity index (χ1) is 13.2. The Morgan fingerprint density at radius 2 is 1.89 bits per heavy atom. The smallest absolute Gasteiger partial charge is 0.227 e. The summed E-state index contributed by atoms with van der Waals surface area (Å²) in [5.74, 6) is 0.964. The molecule has 1 saturated heterocycles. The van der Waals surface area contributed by atoms with Crippen LogP contribution in [0.2, 0.25) is 5.02 Å². The number of carbonyl (C=O) groups excluding carboxylic acids is 1. The van der Waals surface area contributed by atoms with Crippen molar-refractivity contribution < 1.29 is 4.79 Å². The van der Waals surface area contributed by atoms with Gasteiger partial charge >= 0.3 is 0 Å². The van der Waals surface area contributed by atoms with Gasteiger partial charge in [0.25, 0.3) is 0 Å². The van der Waals surface area contributed by atoms with Crippen LogP contribution in [-0.4, -0.2) is 27.3 Å². The lowest BCUT2D eigenvalue weighted by Gasteiger charge is -2.34. The topological polar surface area (TPSA) is 49.0 Å². The number of nitrogens with zero attached hydrogens (tertiary/aromatic N) is 2. The van der Waals surface area contributed by atoms with E-state index in [9.17, 15) is 4.79 Å². The Kier molecular flexibility index (Phi) is 5.26. The van der Waals surface area contributed by atoms with E-state index in [0.717, 1.165) is 48.5 Å². The van der Waals surface area contributed by atoms with E-state index >= 15 is 0 Å². The minimum atomic E-state index is -0.00815. The van der Waals surface area contributed by atoms with Crippen LogP contribution in [0.3, 0.4) is 0 Å². The van der Waals surface area contributed by atoms with Crippen LogP contribution in [0.4, 0.5) is 0 Å². The van der Waals surface area contributed by atoms with Crippen molar-refractivity contribution in [3.63, 3.8) is 0 Å². The van der Waals surface area contributed by atoms with Crippen molar-refractivity contribution >= 4 is 17.5 Å². The molecule has 1 atom stereocenters. The Balaban J connectivity index is 1.55. The third kappa shape index (κ3) is 3.91. The number of hydrogen-bond donors (Lipinski definition) is 1. The second kappa shape index (κ2) is 7.97. The minimum Gasteiger partial charge on any atom is -0.340 e. The van der Waals surface area contributed by atoms with Crippen LogP contribution in [0.25, 0.3) is 11.3 Å².